The number of aryl methyl sites for hydroxylation is 1. The molecule has 0 aromatic heterocycles. The maximum atomic E-state index is 3.67. The molecule has 0 heterocycles. The molecule has 17 heavy (non-hydrogen) atoms. The molecule has 0 aliphatic rings. The van der Waals surface area contributed by atoms with Crippen molar-refractivity contribution < 1.29 is 0 Å². The molecule has 1 nitrogen and oxygen atoms in total. The topological polar surface area (TPSA) is 12.0 Å². The van der Waals surface area contributed by atoms with Crippen molar-refractivity contribution in [1.29, 1.82) is 0 Å². The Balaban J connectivity index is 2.68. The smallest absolute Gasteiger partial charge is 0.0343 e. The second-order valence-corrected chi connectivity index (χ2v) is 5.12. The fourth-order valence-electron chi connectivity index (χ4n) is 2.13. The first-order valence-electron chi connectivity index (χ1n) is 7.01. The van der Waals surface area contributed by atoms with Crippen LogP contribution >= 0.6 is 0 Å². The van der Waals surface area contributed by atoms with Gasteiger partial charge in [0.05, 0.1) is 0 Å². The molecule has 1 N–H and O–H groups in total. The molecule has 1 rings (SSSR count). The van der Waals surface area contributed by atoms with E-state index in [2.05, 4.69) is 57.3 Å². The van der Waals surface area contributed by atoms with Crippen LogP contribution in [0.4, 0.5) is 0 Å². The quantitative estimate of drug-likeness (QED) is 0.691. The minimum atomic E-state index is 0.493. The van der Waals surface area contributed by atoms with Gasteiger partial charge in [0, 0.05) is 6.04 Å². The molecular formula is C16H27N. The zero-order chi connectivity index (χ0) is 12.7. The normalized spacial score (nSPS) is 13.0. The van der Waals surface area contributed by atoms with Crippen molar-refractivity contribution in [2.24, 2.45) is 5.92 Å². The number of unbranched alkanes of at least 4 members (excludes halogenated alkanes) is 1. The summed E-state index contributed by atoms with van der Waals surface area (Å²) in [5.74, 6) is 0.638. The van der Waals surface area contributed by atoms with Gasteiger partial charge < -0.3 is 5.32 Å². The predicted octanol–water partition coefficient (Wildman–Crippen LogP) is 4.34. The van der Waals surface area contributed by atoms with Gasteiger partial charge in [-0.05, 0) is 36.4 Å². The Morgan fingerprint density at radius 1 is 1.06 bits per heavy atom. The first-order chi connectivity index (χ1) is 8.19. The van der Waals surface area contributed by atoms with Crippen molar-refractivity contribution >= 4 is 0 Å². The molecule has 0 fully saturated rings. The third-order valence-corrected chi connectivity index (χ3v) is 3.31. The molecule has 0 radical (unpaired) electrons. The van der Waals surface area contributed by atoms with Crippen molar-refractivity contribution in [2.45, 2.75) is 53.0 Å². The van der Waals surface area contributed by atoms with E-state index in [1.54, 1.807) is 0 Å². The molecule has 0 aliphatic heterocycles. The van der Waals surface area contributed by atoms with Gasteiger partial charge in [-0.3, -0.25) is 0 Å². The van der Waals surface area contributed by atoms with Crippen LogP contribution in [0.5, 0.6) is 0 Å². The summed E-state index contributed by atoms with van der Waals surface area (Å²) in [5.41, 5.74) is 2.85. The standard InChI is InChI=1S/C16H27N/c1-5-7-12-17-16(13(3)4)15-10-8-14(6-2)9-11-15/h8-11,13,16-17H,5-7,12H2,1-4H3. The highest BCUT2D eigenvalue weighted by Gasteiger charge is 2.14. The van der Waals surface area contributed by atoms with Crippen LogP contribution in [0.2, 0.25) is 0 Å². The Bertz CT molecular complexity index is 300. The summed E-state index contributed by atoms with van der Waals surface area (Å²) in [7, 11) is 0. The van der Waals surface area contributed by atoms with Gasteiger partial charge in [-0.1, -0.05) is 58.4 Å². The first kappa shape index (κ1) is 14.2. The Labute approximate surface area is 107 Å². The van der Waals surface area contributed by atoms with Gasteiger partial charge in [0.1, 0.15) is 0 Å². The van der Waals surface area contributed by atoms with E-state index in [9.17, 15) is 0 Å². The Morgan fingerprint density at radius 2 is 1.71 bits per heavy atom. The van der Waals surface area contributed by atoms with Crippen molar-refractivity contribution in [3.63, 3.8) is 0 Å². The summed E-state index contributed by atoms with van der Waals surface area (Å²) < 4.78 is 0. The predicted molar refractivity (Wildman–Crippen MR) is 76.3 cm³/mol. The fraction of sp³-hybridized carbons (Fsp3) is 0.625. The fourth-order valence-corrected chi connectivity index (χ4v) is 2.13. The van der Waals surface area contributed by atoms with Crippen LogP contribution in [-0.2, 0) is 6.42 Å². The zero-order valence-corrected chi connectivity index (χ0v) is 11.8. The largest absolute Gasteiger partial charge is 0.310 e. The van der Waals surface area contributed by atoms with Crippen LogP contribution in [0, 0.1) is 5.92 Å². The molecule has 1 atom stereocenters. The number of hydrogen-bond donors (Lipinski definition) is 1. The van der Waals surface area contributed by atoms with Crippen LogP contribution in [0.25, 0.3) is 0 Å². The molecule has 1 unspecified atom stereocenters. The van der Waals surface area contributed by atoms with E-state index in [1.807, 2.05) is 0 Å². The van der Waals surface area contributed by atoms with Crippen LogP contribution in [0.3, 0.4) is 0 Å². The van der Waals surface area contributed by atoms with Crippen LogP contribution < -0.4 is 5.32 Å². The summed E-state index contributed by atoms with van der Waals surface area (Å²) in [6.45, 7) is 10.1. The molecular weight excluding hydrogens is 206 g/mol. The highest BCUT2D eigenvalue weighted by atomic mass is 14.9. The average Bonchev–Trinajstić information content (AvgIpc) is 2.34. The molecule has 1 heteroatoms. The highest BCUT2D eigenvalue weighted by Crippen LogP contribution is 2.22. The SMILES string of the molecule is CCCCNC(c1ccc(CC)cc1)C(C)C. The van der Waals surface area contributed by atoms with Crippen molar-refractivity contribution in [2.75, 3.05) is 6.54 Å². The van der Waals surface area contributed by atoms with Gasteiger partial charge in [-0.2, -0.15) is 0 Å². The van der Waals surface area contributed by atoms with E-state index in [0.717, 1.165) is 13.0 Å². The van der Waals surface area contributed by atoms with Crippen molar-refractivity contribution in [3.05, 3.63) is 35.4 Å². The summed E-state index contributed by atoms with van der Waals surface area (Å²) in [5, 5.41) is 3.67. The van der Waals surface area contributed by atoms with Crippen molar-refractivity contribution in [1.82, 2.24) is 5.32 Å². The average molecular weight is 233 g/mol. The van der Waals surface area contributed by atoms with Gasteiger partial charge in [0.25, 0.3) is 0 Å². The van der Waals surface area contributed by atoms with E-state index in [1.165, 1.54) is 24.0 Å². The van der Waals surface area contributed by atoms with Gasteiger partial charge in [0.15, 0.2) is 0 Å². The maximum absolute atomic E-state index is 3.67. The lowest BCUT2D eigenvalue weighted by molar-refractivity contribution is 0.408. The van der Waals surface area contributed by atoms with Crippen LogP contribution in [0.1, 0.15) is 57.7 Å². The monoisotopic (exact) mass is 233 g/mol. The van der Waals surface area contributed by atoms with Gasteiger partial charge in [-0.15, -0.1) is 0 Å². The number of rotatable bonds is 7. The van der Waals surface area contributed by atoms with E-state index < -0.39 is 0 Å². The second kappa shape index (κ2) is 7.50. The lowest BCUT2D eigenvalue weighted by atomic mass is 9.95. The van der Waals surface area contributed by atoms with Gasteiger partial charge >= 0.3 is 0 Å². The van der Waals surface area contributed by atoms with E-state index >= 15 is 0 Å². The lowest BCUT2D eigenvalue weighted by Gasteiger charge is -2.23. The molecule has 1 aromatic carbocycles. The number of hydrogen-bond acceptors (Lipinski definition) is 1. The van der Waals surface area contributed by atoms with E-state index in [0.29, 0.717) is 12.0 Å². The molecule has 0 amide bonds. The Kier molecular flexibility index (Phi) is 6.28. The third-order valence-electron chi connectivity index (χ3n) is 3.31. The molecule has 1 aromatic rings. The highest BCUT2D eigenvalue weighted by molar-refractivity contribution is 5.25. The Morgan fingerprint density at radius 3 is 2.18 bits per heavy atom. The minimum absolute atomic E-state index is 0.493. The lowest BCUT2D eigenvalue weighted by Crippen LogP contribution is -2.26. The van der Waals surface area contributed by atoms with Crippen LogP contribution in [-0.4, -0.2) is 6.54 Å². The summed E-state index contributed by atoms with van der Waals surface area (Å²) in [6, 6.07) is 9.57. The zero-order valence-electron chi connectivity index (χ0n) is 11.8. The molecule has 0 saturated carbocycles. The molecule has 0 aliphatic carbocycles. The summed E-state index contributed by atoms with van der Waals surface area (Å²) >= 11 is 0. The summed E-state index contributed by atoms with van der Waals surface area (Å²) in [4.78, 5) is 0. The van der Waals surface area contributed by atoms with Gasteiger partial charge in [0.2, 0.25) is 0 Å². The second-order valence-electron chi connectivity index (χ2n) is 5.12. The third kappa shape index (κ3) is 4.51. The van der Waals surface area contributed by atoms with Crippen molar-refractivity contribution in [3.8, 4) is 0 Å². The molecule has 0 saturated heterocycles. The summed E-state index contributed by atoms with van der Waals surface area (Å²) in [6.07, 6.45) is 3.64. The number of nitrogens with one attached hydrogen (secondary N) is 1. The van der Waals surface area contributed by atoms with E-state index in [4.69, 9.17) is 0 Å². The maximum Gasteiger partial charge on any atom is 0.0343 e. The van der Waals surface area contributed by atoms with Gasteiger partial charge in [-0.25, -0.2) is 0 Å². The van der Waals surface area contributed by atoms with Crippen LogP contribution in [0.15, 0.2) is 24.3 Å². The molecule has 0 spiro atoms. The number of benzene rings is 1. The Hall–Kier alpha value is -0.820. The van der Waals surface area contributed by atoms with E-state index in [-0.39, 0.29) is 0 Å². The first-order valence-corrected chi connectivity index (χ1v) is 7.01. The minimum Gasteiger partial charge on any atom is -0.310 e. The molecule has 0 bridgehead atoms. The molecule has 96 valence electrons.